The van der Waals surface area contributed by atoms with Crippen molar-refractivity contribution in [3.8, 4) is 5.75 Å². The molecule has 0 saturated heterocycles. The lowest BCUT2D eigenvalue weighted by molar-refractivity contribution is 0.314. The molecule has 112 valence electrons. The lowest BCUT2D eigenvalue weighted by Gasteiger charge is -2.23. The Kier molecular flexibility index (Phi) is 6.72. The number of nitrogens with one attached hydrogen (secondary N) is 1. The van der Waals surface area contributed by atoms with E-state index in [4.69, 9.17) is 4.74 Å². The maximum absolute atomic E-state index is 5.87. The first-order chi connectivity index (χ1) is 9.70. The van der Waals surface area contributed by atoms with Crippen molar-refractivity contribution in [3.05, 3.63) is 28.2 Å². The predicted octanol–water partition coefficient (Wildman–Crippen LogP) is 4.78. The standard InChI is InChI=1S/C16H24BrNOS/c1-3-20-10-8-12(2)18-15-5-4-9-19-16-11-13(17)6-7-14(15)16/h6-7,11-12,15,18H,3-5,8-10H2,1-2H3. The van der Waals surface area contributed by atoms with Gasteiger partial charge in [-0.2, -0.15) is 11.8 Å². The molecule has 2 unspecified atom stereocenters. The zero-order valence-electron chi connectivity index (χ0n) is 12.3. The highest BCUT2D eigenvalue weighted by Crippen LogP contribution is 2.34. The second kappa shape index (κ2) is 8.30. The van der Waals surface area contributed by atoms with Gasteiger partial charge in [-0.25, -0.2) is 0 Å². The molecular weight excluding hydrogens is 334 g/mol. The van der Waals surface area contributed by atoms with Gasteiger partial charge in [-0.15, -0.1) is 0 Å². The third-order valence-corrected chi connectivity index (χ3v) is 5.06. The van der Waals surface area contributed by atoms with Gasteiger partial charge >= 0.3 is 0 Å². The van der Waals surface area contributed by atoms with Crippen LogP contribution < -0.4 is 10.1 Å². The van der Waals surface area contributed by atoms with Crippen LogP contribution in [0.3, 0.4) is 0 Å². The van der Waals surface area contributed by atoms with Crippen LogP contribution in [0, 0.1) is 0 Å². The van der Waals surface area contributed by atoms with Crippen LogP contribution in [0.4, 0.5) is 0 Å². The minimum absolute atomic E-state index is 0.419. The van der Waals surface area contributed by atoms with Gasteiger partial charge in [0.1, 0.15) is 5.75 Å². The molecule has 0 spiro atoms. The highest BCUT2D eigenvalue weighted by molar-refractivity contribution is 9.10. The van der Waals surface area contributed by atoms with E-state index in [-0.39, 0.29) is 0 Å². The predicted molar refractivity (Wildman–Crippen MR) is 91.8 cm³/mol. The van der Waals surface area contributed by atoms with Gasteiger partial charge in [0.2, 0.25) is 0 Å². The Morgan fingerprint density at radius 1 is 1.50 bits per heavy atom. The van der Waals surface area contributed by atoms with Crippen LogP contribution >= 0.6 is 27.7 Å². The first kappa shape index (κ1) is 16.2. The Bertz CT molecular complexity index is 427. The van der Waals surface area contributed by atoms with Gasteiger partial charge < -0.3 is 10.1 Å². The second-order valence-corrected chi connectivity index (χ2v) is 7.59. The monoisotopic (exact) mass is 357 g/mol. The molecular formula is C16H24BrNOS. The number of ether oxygens (including phenoxy) is 1. The number of fused-ring (bicyclic) bond motifs is 1. The lowest BCUT2D eigenvalue weighted by atomic mass is 10.0. The Hall–Kier alpha value is -0.190. The van der Waals surface area contributed by atoms with E-state index < -0.39 is 0 Å². The normalized spacial score (nSPS) is 19.9. The molecule has 0 radical (unpaired) electrons. The summed E-state index contributed by atoms with van der Waals surface area (Å²) in [4.78, 5) is 0. The first-order valence-electron chi connectivity index (χ1n) is 7.46. The maximum atomic E-state index is 5.87. The number of benzene rings is 1. The summed E-state index contributed by atoms with van der Waals surface area (Å²) in [6, 6.07) is 7.36. The quantitative estimate of drug-likeness (QED) is 0.739. The largest absolute Gasteiger partial charge is 0.493 e. The number of rotatable bonds is 6. The van der Waals surface area contributed by atoms with Crippen LogP contribution in [-0.2, 0) is 0 Å². The fourth-order valence-corrected chi connectivity index (χ4v) is 3.70. The SMILES string of the molecule is CCSCCC(C)NC1CCCOc2cc(Br)ccc21. The summed E-state index contributed by atoms with van der Waals surface area (Å²) in [6.45, 7) is 5.34. The summed E-state index contributed by atoms with van der Waals surface area (Å²) in [5.41, 5.74) is 1.31. The fourth-order valence-electron chi connectivity index (χ4n) is 2.55. The molecule has 1 aliphatic heterocycles. The second-order valence-electron chi connectivity index (χ2n) is 5.28. The molecule has 1 aliphatic rings. The summed E-state index contributed by atoms with van der Waals surface area (Å²) in [6.07, 6.45) is 3.49. The zero-order chi connectivity index (χ0) is 14.4. The van der Waals surface area contributed by atoms with E-state index in [9.17, 15) is 0 Å². The van der Waals surface area contributed by atoms with Crippen molar-refractivity contribution in [1.29, 1.82) is 0 Å². The molecule has 1 aromatic rings. The van der Waals surface area contributed by atoms with Crippen LogP contribution in [0.2, 0.25) is 0 Å². The third-order valence-electron chi connectivity index (χ3n) is 3.63. The molecule has 0 saturated carbocycles. The van der Waals surface area contributed by atoms with Crippen molar-refractivity contribution >= 4 is 27.7 Å². The van der Waals surface area contributed by atoms with Crippen LogP contribution in [0.15, 0.2) is 22.7 Å². The highest BCUT2D eigenvalue weighted by Gasteiger charge is 2.21. The van der Waals surface area contributed by atoms with E-state index in [1.165, 1.54) is 23.5 Å². The van der Waals surface area contributed by atoms with Crippen LogP contribution in [0.1, 0.15) is 44.7 Å². The smallest absolute Gasteiger partial charge is 0.125 e. The van der Waals surface area contributed by atoms with Crippen LogP contribution in [0.25, 0.3) is 0 Å². The number of hydrogen-bond acceptors (Lipinski definition) is 3. The van der Waals surface area contributed by atoms with Crippen molar-refractivity contribution in [2.45, 2.75) is 45.2 Å². The van der Waals surface area contributed by atoms with Crippen molar-refractivity contribution in [1.82, 2.24) is 5.32 Å². The first-order valence-corrected chi connectivity index (χ1v) is 9.41. The van der Waals surface area contributed by atoms with E-state index in [0.29, 0.717) is 12.1 Å². The molecule has 20 heavy (non-hydrogen) atoms. The van der Waals surface area contributed by atoms with Crippen molar-refractivity contribution < 1.29 is 4.74 Å². The molecule has 1 aromatic carbocycles. The van der Waals surface area contributed by atoms with E-state index in [1.54, 1.807) is 0 Å². The zero-order valence-corrected chi connectivity index (χ0v) is 14.7. The van der Waals surface area contributed by atoms with Gasteiger partial charge in [-0.1, -0.05) is 28.9 Å². The van der Waals surface area contributed by atoms with E-state index >= 15 is 0 Å². The van der Waals surface area contributed by atoms with Gasteiger partial charge in [0.15, 0.2) is 0 Å². The summed E-state index contributed by atoms with van der Waals surface area (Å²) in [5, 5.41) is 3.78. The Balaban J connectivity index is 2.01. The average Bonchev–Trinajstić information content (AvgIpc) is 2.61. The number of halogens is 1. The van der Waals surface area contributed by atoms with Crippen LogP contribution in [-0.4, -0.2) is 24.2 Å². The fraction of sp³-hybridized carbons (Fsp3) is 0.625. The van der Waals surface area contributed by atoms with Crippen molar-refractivity contribution in [2.24, 2.45) is 0 Å². The summed E-state index contributed by atoms with van der Waals surface area (Å²) in [7, 11) is 0. The molecule has 1 N–H and O–H groups in total. The highest BCUT2D eigenvalue weighted by atomic mass is 79.9. The molecule has 4 heteroatoms. The molecule has 2 atom stereocenters. The van der Waals surface area contributed by atoms with E-state index in [2.05, 4.69) is 53.3 Å². The molecule has 0 amide bonds. The third kappa shape index (κ3) is 4.68. The Morgan fingerprint density at radius 3 is 3.15 bits per heavy atom. The lowest BCUT2D eigenvalue weighted by Crippen LogP contribution is -2.31. The Morgan fingerprint density at radius 2 is 2.35 bits per heavy atom. The van der Waals surface area contributed by atoms with Crippen LogP contribution in [0.5, 0.6) is 5.75 Å². The maximum Gasteiger partial charge on any atom is 0.125 e. The van der Waals surface area contributed by atoms with Gasteiger partial charge in [0, 0.05) is 22.1 Å². The number of hydrogen-bond donors (Lipinski definition) is 1. The molecule has 0 aromatic heterocycles. The van der Waals surface area contributed by atoms with Gasteiger partial charge in [-0.05, 0) is 49.8 Å². The van der Waals surface area contributed by atoms with Gasteiger partial charge in [0.25, 0.3) is 0 Å². The summed E-state index contributed by atoms with van der Waals surface area (Å²) in [5.74, 6) is 3.48. The molecule has 2 nitrogen and oxygen atoms in total. The number of thioether (sulfide) groups is 1. The topological polar surface area (TPSA) is 21.3 Å². The summed E-state index contributed by atoms with van der Waals surface area (Å²) < 4.78 is 6.95. The molecule has 0 aliphatic carbocycles. The molecule has 0 fully saturated rings. The molecule has 0 bridgehead atoms. The van der Waals surface area contributed by atoms with Crippen molar-refractivity contribution in [2.75, 3.05) is 18.1 Å². The van der Waals surface area contributed by atoms with E-state index in [1.807, 2.05) is 11.8 Å². The summed E-state index contributed by atoms with van der Waals surface area (Å²) >= 11 is 5.54. The van der Waals surface area contributed by atoms with E-state index in [0.717, 1.165) is 29.7 Å². The Labute approximate surface area is 135 Å². The molecule has 2 rings (SSSR count). The van der Waals surface area contributed by atoms with Gasteiger partial charge in [0.05, 0.1) is 6.61 Å². The molecule has 1 heterocycles. The van der Waals surface area contributed by atoms with Gasteiger partial charge in [-0.3, -0.25) is 0 Å². The minimum atomic E-state index is 0.419. The minimum Gasteiger partial charge on any atom is -0.493 e. The average molecular weight is 358 g/mol. The van der Waals surface area contributed by atoms with Crippen molar-refractivity contribution in [3.63, 3.8) is 0 Å².